The van der Waals surface area contributed by atoms with Crippen LogP contribution in [-0.4, -0.2) is 34.2 Å². The first-order valence-electron chi connectivity index (χ1n) is 11.9. The van der Waals surface area contributed by atoms with Crippen LogP contribution >= 0.6 is 0 Å². The van der Waals surface area contributed by atoms with E-state index in [1.54, 1.807) is 6.20 Å². The van der Waals surface area contributed by atoms with Crippen LogP contribution < -0.4 is 10.1 Å². The molecule has 166 valence electrons. The highest BCUT2D eigenvalue weighted by atomic mass is 16.5. The molecule has 6 rings (SSSR count). The summed E-state index contributed by atoms with van der Waals surface area (Å²) in [5.41, 5.74) is 6.64. The molecule has 1 saturated heterocycles. The molecule has 5 nitrogen and oxygen atoms in total. The Bertz CT molecular complexity index is 1450. The zero-order chi connectivity index (χ0) is 22.2. The first-order valence-corrected chi connectivity index (χ1v) is 11.9. The molecule has 0 spiro atoms. The molecule has 3 heterocycles. The van der Waals surface area contributed by atoms with Gasteiger partial charge in [-0.3, -0.25) is 0 Å². The summed E-state index contributed by atoms with van der Waals surface area (Å²) in [5, 5.41) is 5.98. The van der Waals surface area contributed by atoms with Crippen LogP contribution in [0.4, 0.5) is 0 Å². The second-order valence-electron chi connectivity index (χ2n) is 8.91. The van der Waals surface area contributed by atoms with Crippen LogP contribution in [0, 0.1) is 5.92 Å². The number of hydrogen-bond donors (Lipinski definition) is 1. The maximum absolute atomic E-state index is 6.02. The molecule has 0 bridgehead atoms. The molecule has 1 fully saturated rings. The zero-order valence-electron chi connectivity index (χ0n) is 18.9. The van der Waals surface area contributed by atoms with Gasteiger partial charge in [0.15, 0.2) is 0 Å². The lowest BCUT2D eigenvalue weighted by Gasteiger charge is -2.22. The van der Waals surface area contributed by atoms with Crippen molar-refractivity contribution >= 4 is 32.8 Å². The molecule has 33 heavy (non-hydrogen) atoms. The zero-order valence-corrected chi connectivity index (χ0v) is 18.9. The SMILES string of the molecule is CCn1c2ccccc2c2cc(-c3ccc4ncc(OCC5CCNCC5)nc4c3)ccc21. The molecule has 3 aromatic carbocycles. The number of piperidine rings is 1. The third-order valence-corrected chi connectivity index (χ3v) is 6.87. The molecule has 5 heteroatoms. The first kappa shape index (κ1) is 20.2. The largest absolute Gasteiger partial charge is 0.476 e. The molecule has 1 N–H and O–H groups in total. The number of rotatable bonds is 5. The Morgan fingerprint density at radius 3 is 2.58 bits per heavy atom. The number of nitrogens with zero attached hydrogens (tertiary/aromatic N) is 3. The normalized spacial score (nSPS) is 14.9. The third-order valence-electron chi connectivity index (χ3n) is 6.87. The topological polar surface area (TPSA) is 52.0 Å². The van der Waals surface area contributed by atoms with Gasteiger partial charge in [-0.2, -0.15) is 0 Å². The minimum Gasteiger partial charge on any atom is -0.476 e. The number of hydrogen-bond acceptors (Lipinski definition) is 4. The Balaban J connectivity index is 1.35. The van der Waals surface area contributed by atoms with Crippen molar-refractivity contribution in [3.63, 3.8) is 0 Å². The lowest BCUT2D eigenvalue weighted by molar-refractivity contribution is 0.209. The van der Waals surface area contributed by atoms with Crippen molar-refractivity contribution < 1.29 is 4.74 Å². The Kier molecular flexibility index (Phi) is 5.19. The minimum absolute atomic E-state index is 0.590. The Hall–Kier alpha value is -3.44. The molecule has 0 aliphatic carbocycles. The van der Waals surface area contributed by atoms with Crippen molar-refractivity contribution in [3.05, 3.63) is 66.9 Å². The highest BCUT2D eigenvalue weighted by molar-refractivity contribution is 6.09. The summed E-state index contributed by atoms with van der Waals surface area (Å²) in [6.45, 7) is 6.01. The van der Waals surface area contributed by atoms with E-state index in [9.17, 15) is 0 Å². The van der Waals surface area contributed by atoms with E-state index >= 15 is 0 Å². The molecule has 1 aliphatic rings. The summed E-state index contributed by atoms with van der Waals surface area (Å²) in [6, 6.07) is 21.7. The fourth-order valence-corrected chi connectivity index (χ4v) is 5.07. The van der Waals surface area contributed by atoms with E-state index in [-0.39, 0.29) is 0 Å². The van der Waals surface area contributed by atoms with Crippen LogP contribution in [0.3, 0.4) is 0 Å². The average Bonchev–Trinajstić information content (AvgIpc) is 3.20. The van der Waals surface area contributed by atoms with E-state index in [4.69, 9.17) is 9.72 Å². The summed E-state index contributed by atoms with van der Waals surface area (Å²) >= 11 is 0. The summed E-state index contributed by atoms with van der Waals surface area (Å²) in [5.74, 6) is 1.20. The van der Waals surface area contributed by atoms with Gasteiger partial charge in [-0.15, -0.1) is 0 Å². The standard InChI is InChI=1S/C28H28N4O/c1-2-32-26-6-4-3-5-22(26)23-15-20(8-10-27(23)32)21-7-9-24-25(16-21)31-28(17-30-24)33-18-19-11-13-29-14-12-19/h3-10,15-17,19,29H,2,11-14,18H2,1H3. The molecule has 2 aromatic heterocycles. The van der Waals surface area contributed by atoms with Crippen LogP contribution in [0.2, 0.25) is 0 Å². The number of nitrogens with one attached hydrogen (secondary N) is 1. The Morgan fingerprint density at radius 2 is 1.70 bits per heavy atom. The van der Waals surface area contributed by atoms with Gasteiger partial charge in [-0.05, 0) is 80.2 Å². The molecule has 1 aliphatic heterocycles. The van der Waals surface area contributed by atoms with Crippen LogP contribution in [0.25, 0.3) is 44.0 Å². The second-order valence-corrected chi connectivity index (χ2v) is 8.91. The number of benzene rings is 3. The molecule has 5 aromatic rings. The van der Waals surface area contributed by atoms with Crippen molar-refractivity contribution in [2.75, 3.05) is 19.7 Å². The minimum atomic E-state index is 0.590. The summed E-state index contributed by atoms with van der Waals surface area (Å²) in [6.07, 6.45) is 4.05. The fourth-order valence-electron chi connectivity index (χ4n) is 5.07. The first-order chi connectivity index (χ1) is 16.3. The van der Waals surface area contributed by atoms with Crippen molar-refractivity contribution in [2.24, 2.45) is 5.92 Å². The number of para-hydroxylation sites is 1. The maximum Gasteiger partial charge on any atom is 0.232 e. The van der Waals surface area contributed by atoms with E-state index in [0.29, 0.717) is 18.4 Å². The van der Waals surface area contributed by atoms with E-state index < -0.39 is 0 Å². The van der Waals surface area contributed by atoms with E-state index in [1.807, 2.05) is 6.07 Å². The highest BCUT2D eigenvalue weighted by Gasteiger charge is 2.15. The molecule has 0 atom stereocenters. The highest BCUT2D eigenvalue weighted by Crippen LogP contribution is 2.33. The van der Waals surface area contributed by atoms with Gasteiger partial charge in [-0.25, -0.2) is 9.97 Å². The quantitative estimate of drug-likeness (QED) is 0.378. The number of aromatic nitrogens is 3. The van der Waals surface area contributed by atoms with Gasteiger partial charge in [0.05, 0.1) is 23.8 Å². The molecule has 0 amide bonds. The number of fused-ring (bicyclic) bond motifs is 4. The Labute approximate surface area is 193 Å². The van der Waals surface area contributed by atoms with Gasteiger partial charge in [-0.1, -0.05) is 30.3 Å². The van der Waals surface area contributed by atoms with Crippen LogP contribution in [0.15, 0.2) is 66.9 Å². The third kappa shape index (κ3) is 3.72. The maximum atomic E-state index is 6.02. The molecule has 0 saturated carbocycles. The van der Waals surface area contributed by atoms with Crippen molar-refractivity contribution in [2.45, 2.75) is 26.3 Å². The monoisotopic (exact) mass is 436 g/mol. The predicted molar refractivity (Wildman–Crippen MR) is 135 cm³/mol. The van der Waals surface area contributed by atoms with Crippen LogP contribution in [0.5, 0.6) is 5.88 Å². The predicted octanol–water partition coefficient (Wildman–Crippen LogP) is 5.80. The van der Waals surface area contributed by atoms with E-state index in [0.717, 1.165) is 49.1 Å². The number of aryl methyl sites for hydroxylation is 1. The van der Waals surface area contributed by atoms with E-state index in [2.05, 4.69) is 76.4 Å². The van der Waals surface area contributed by atoms with Crippen LogP contribution in [0.1, 0.15) is 19.8 Å². The lowest BCUT2D eigenvalue weighted by atomic mass is 9.99. The summed E-state index contributed by atoms with van der Waals surface area (Å²) < 4.78 is 8.40. The molecular weight excluding hydrogens is 408 g/mol. The van der Waals surface area contributed by atoms with Gasteiger partial charge >= 0.3 is 0 Å². The van der Waals surface area contributed by atoms with Crippen molar-refractivity contribution in [1.29, 1.82) is 0 Å². The molecule has 0 radical (unpaired) electrons. The smallest absolute Gasteiger partial charge is 0.232 e. The van der Waals surface area contributed by atoms with Gasteiger partial charge < -0.3 is 14.6 Å². The van der Waals surface area contributed by atoms with Crippen molar-refractivity contribution in [1.82, 2.24) is 19.9 Å². The van der Waals surface area contributed by atoms with Crippen molar-refractivity contribution in [3.8, 4) is 17.0 Å². The molecule has 0 unspecified atom stereocenters. The second kappa shape index (κ2) is 8.49. The summed E-state index contributed by atoms with van der Waals surface area (Å²) in [7, 11) is 0. The fraction of sp³-hybridized carbons (Fsp3) is 0.286. The number of ether oxygens (including phenoxy) is 1. The average molecular weight is 437 g/mol. The van der Waals surface area contributed by atoms with Crippen LogP contribution in [-0.2, 0) is 6.54 Å². The van der Waals surface area contributed by atoms with Gasteiger partial charge in [0, 0.05) is 28.4 Å². The van der Waals surface area contributed by atoms with Gasteiger partial charge in [0.2, 0.25) is 5.88 Å². The lowest BCUT2D eigenvalue weighted by Crippen LogP contribution is -2.30. The Morgan fingerprint density at radius 1 is 0.909 bits per heavy atom. The van der Waals surface area contributed by atoms with E-state index in [1.165, 1.54) is 27.4 Å². The summed E-state index contributed by atoms with van der Waals surface area (Å²) in [4.78, 5) is 9.35. The molecular formula is C28H28N4O. The van der Waals surface area contributed by atoms with Gasteiger partial charge in [0.1, 0.15) is 0 Å². The van der Waals surface area contributed by atoms with Gasteiger partial charge in [0.25, 0.3) is 0 Å².